The summed E-state index contributed by atoms with van der Waals surface area (Å²) in [6.45, 7) is 14.2. The lowest BCUT2D eigenvalue weighted by Gasteiger charge is -2.30. The summed E-state index contributed by atoms with van der Waals surface area (Å²) in [5.41, 5.74) is 7.80. The molecule has 29 heavy (non-hydrogen) atoms. The Balaban J connectivity index is 1.59. The lowest BCUT2D eigenvalue weighted by atomic mass is 10.0. The first-order chi connectivity index (χ1) is 13.8. The number of aliphatic hydroxyl groups excluding tert-OH is 1. The van der Waals surface area contributed by atoms with Crippen LogP contribution in [-0.4, -0.2) is 36.2 Å². The summed E-state index contributed by atoms with van der Waals surface area (Å²) in [6, 6.07) is 2.15. The molecule has 3 aromatic heterocycles. The molecule has 0 unspecified atom stereocenters. The molecule has 0 aliphatic carbocycles. The minimum Gasteiger partial charge on any atom is -0.513 e. The molecule has 0 fully saturated rings. The van der Waals surface area contributed by atoms with Crippen LogP contribution in [0.1, 0.15) is 35.5 Å². The summed E-state index contributed by atoms with van der Waals surface area (Å²) in [5, 5.41) is 19.6. The van der Waals surface area contributed by atoms with Gasteiger partial charge in [-0.25, -0.2) is 4.98 Å². The zero-order chi connectivity index (χ0) is 20.7. The van der Waals surface area contributed by atoms with Gasteiger partial charge in [-0.1, -0.05) is 18.7 Å². The molecule has 4 rings (SSSR count). The molecule has 1 aliphatic heterocycles. The predicted octanol–water partition coefficient (Wildman–Crippen LogP) is 3.75. The van der Waals surface area contributed by atoms with Gasteiger partial charge >= 0.3 is 0 Å². The third-order valence-electron chi connectivity index (χ3n) is 5.63. The molecular formula is C22H28N6O. The molecule has 1 aliphatic rings. The van der Waals surface area contributed by atoms with E-state index in [0.29, 0.717) is 13.0 Å². The fourth-order valence-corrected chi connectivity index (χ4v) is 4.09. The van der Waals surface area contributed by atoms with Crippen LogP contribution in [0, 0.1) is 13.8 Å². The molecule has 152 valence electrons. The Morgan fingerprint density at radius 1 is 1.24 bits per heavy atom. The van der Waals surface area contributed by atoms with E-state index in [2.05, 4.69) is 45.8 Å². The summed E-state index contributed by atoms with van der Waals surface area (Å²) < 4.78 is 3.92. The summed E-state index contributed by atoms with van der Waals surface area (Å²) in [4.78, 5) is 7.05. The van der Waals surface area contributed by atoms with Crippen LogP contribution >= 0.6 is 0 Å². The molecule has 0 atom stereocenters. The maximum absolute atomic E-state index is 9.32. The molecule has 1 N–H and O–H groups in total. The van der Waals surface area contributed by atoms with Crippen LogP contribution in [0.25, 0.3) is 11.0 Å². The van der Waals surface area contributed by atoms with Crippen molar-refractivity contribution >= 4 is 16.7 Å². The minimum absolute atomic E-state index is 0.204. The lowest BCUT2D eigenvalue weighted by Crippen LogP contribution is -2.31. The molecular weight excluding hydrogens is 364 g/mol. The molecule has 0 aromatic carbocycles. The minimum atomic E-state index is 0.204. The van der Waals surface area contributed by atoms with Gasteiger partial charge in [0.05, 0.1) is 35.3 Å². The van der Waals surface area contributed by atoms with E-state index < -0.39 is 0 Å². The second kappa shape index (κ2) is 7.39. The van der Waals surface area contributed by atoms with Crippen LogP contribution < -0.4 is 4.90 Å². The molecule has 0 saturated heterocycles. The Morgan fingerprint density at radius 3 is 2.79 bits per heavy atom. The third-order valence-corrected chi connectivity index (χ3v) is 5.63. The largest absolute Gasteiger partial charge is 0.513 e. The zero-order valence-electron chi connectivity index (χ0n) is 17.4. The number of pyridine rings is 1. The van der Waals surface area contributed by atoms with Gasteiger partial charge in [-0.2, -0.15) is 10.2 Å². The number of anilines is 1. The van der Waals surface area contributed by atoms with Crippen molar-refractivity contribution in [3.05, 3.63) is 59.4 Å². The summed E-state index contributed by atoms with van der Waals surface area (Å²) >= 11 is 0. The second-order valence-corrected chi connectivity index (χ2v) is 7.94. The highest BCUT2D eigenvalue weighted by Gasteiger charge is 2.25. The molecule has 0 saturated carbocycles. The Labute approximate surface area is 171 Å². The number of aliphatic hydroxyl groups is 1. The van der Waals surface area contributed by atoms with Crippen molar-refractivity contribution in [1.82, 2.24) is 24.5 Å². The summed E-state index contributed by atoms with van der Waals surface area (Å²) in [6.07, 6.45) is 4.11. The van der Waals surface area contributed by atoms with Gasteiger partial charge in [0.1, 0.15) is 0 Å². The van der Waals surface area contributed by atoms with Crippen molar-refractivity contribution < 1.29 is 5.11 Å². The average molecular weight is 393 g/mol. The number of nitrogens with zero attached hydrogens (tertiary/aromatic N) is 6. The third kappa shape index (κ3) is 3.64. The van der Waals surface area contributed by atoms with Gasteiger partial charge in [-0.3, -0.25) is 9.36 Å². The van der Waals surface area contributed by atoms with Crippen molar-refractivity contribution in [2.24, 2.45) is 7.05 Å². The van der Waals surface area contributed by atoms with E-state index in [-0.39, 0.29) is 5.76 Å². The van der Waals surface area contributed by atoms with Gasteiger partial charge in [0.2, 0.25) is 0 Å². The summed E-state index contributed by atoms with van der Waals surface area (Å²) in [7, 11) is 1.93. The highest BCUT2D eigenvalue weighted by molar-refractivity contribution is 5.89. The molecule has 7 heteroatoms. The summed E-state index contributed by atoms with van der Waals surface area (Å²) in [5.74, 6) is 0.204. The van der Waals surface area contributed by atoms with Crippen molar-refractivity contribution in [1.29, 1.82) is 0 Å². The maximum Gasteiger partial charge on any atom is 0.159 e. The Hall–Kier alpha value is -3.09. The van der Waals surface area contributed by atoms with E-state index in [0.717, 1.165) is 53.9 Å². The molecule has 7 nitrogen and oxygen atoms in total. The molecule has 0 bridgehead atoms. The van der Waals surface area contributed by atoms with E-state index in [1.807, 2.05) is 24.9 Å². The van der Waals surface area contributed by atoms with Crippen molar-refractivity contribution in [2.45, 2.75) is 46.2 Å². The van der Waals surface area contributed by atoms with Crippen LogP contribution in [0.2, 0.25) is 0 Å². The quantitative estimate of drug-likeness (QED) is 0.511. The molecule has 3 aromatic rings. The van der Waals surface area contributed by atoms with E-state index >= 15 is 0 Å². The first kappa shape index (κ1) is 19.2. The lowest BCUT2D eigenvalue weighted by molar-refractivity contribution is 0.389. The first-order valence-electron chi connectivity index (χ1n) is 9.96. The number of hydrogen-bond acceptors (Lipinski definition) is 5. The smallest absolute Gasteiger partial charge is 0.159 e. The van der Waals surface area contributed by atoms with Gasteiger partial charge < -0.3 is 10.0 Å². The van der Waals surface area contributed by atoms with Gasteiger partial charge in [0.15, 0.2) is 5.65 Å². The zero-order valence-corrected chi connectivity index (χ0v) is 17.4. The van der Waals surface area contributed by atoms with Crippen LogP contribution in [0.3, 0.4) is 0 Å². The maximum atomic E-state index is 9.32. The first-order valence-corrected chi connectivity index (χ1v) is 9.96. The van der Waals surface area contributed by atoms with Crippen LogP contribution in [0.4, 0.5) is 5.69 Å². The fourth-order valence-electron chi connectivity index (χ4n) is 4.09. The van der Waals surface area contributed by atoms with Gasteiger partial charge in [0.25, 0.3) is 0 Å². The van der Waals surface area contributed by atoms with E-state index in [9.17, 15) is 5.11 Å². The number of allylic oxidation sites excluding steroid dienone is 2. The van der Waals surface area contributed by atoms with Gasteiger partial charge in [0, 0.05) is 49.9 Å². The van der Waals surface area contributed by atoms with Crippen molar-refractivity contribution in [3.8, 4) is 0 Å². The van der Waals surface area contributed by atoms with E-state index in [1.54, 1.807) is 0 Å². The Kier molecular flexibility index (Phi) is 4.90. The highest BCUT2D eigenvalue weighted by atomic mass is 16.3. The monoisotopic (exact) mass is 392 g/mol. The van der Waals surface area contributed by atoms with Gasteiger partial charge in [-0.15, -0.1) is 0 Å². The van der Waals surface area contributed by atoms with Crippen molar-refractivity contribution in [3.63, 3.8) is 0 Å². The molecule has 0 radical (unpaired) electrons. The van der Waals surface area contributed by atoms with Gasteiger partial charge in [-0.05, 0) is 26.3 Å². The van der Waals surface area contributed by atoms with E-state index in [4.69, 9.17) is 5.10 Å². The SMILES string of the molecule is C=C(O)CCC(=C)Cn1nc(C)c2c1CCN(c1cc(C)nc3c1cnn3C)C2. The van der Waals surface area contributed by atoms with Crippen molar-refractivity contribution in [2.75, 3.05) is 11.4 Å². The van der Waals surface area contributed by atoms with Crippen LogP contribution in [0.15, 0.2) is 36.8 Å². The molecule has 0 amide bonds. The highest BCUT2D eigenvalue weighted by Crippen LogP contribution is 2.32. The number of fused-ring (bicyclic) bond motifs is 2. The average Bonchev–Trinajstić information content (AvgIpc) is 3.19. The normalized spacial score (nSPS) is 13.7. The van der Waals surface area contributed by atoms with Crippen LogP contribution in [0.5, 0.6) is 0 Å². The number of rotatable bonds is 6. The number of hydrogen-bond donors (Lipinski definition) is 1. The Morgan fingerprint density at radius 2 is 2.03 bits per heavy atom. The topological polar surface area (TPSA) is 72.0 Å². The Bertz CT molecular complexity index is 1110. The number of aryl methyl sites for hydroxylation is 3. The predicted molar refractivity (Wildman–Crippen MR) is 115 cm³/mol. The molecule has 4 heterocycles. The van der Waals surface area contributed by atoms with Crippen LogP contribution in [-0.2, 0) is 26.6 Å². The van der Waals surface area contributed by atoms with E-state index in [1.165, 1.54) is 16.9 Å². The second-order valence-electron chi connectivity index (χ2n) is 7.94. The molecule has 0 spiro atoms. The fraction of sp³-hybridized carbons (Fsp3) is 0.409. The number of aromatic nitrogens is 5. The standard InChI is InChI=1S/C22H28N6O/c1-14(6-7-16(3)29)12-28-20-8-9-27(13-19(20)17(4)25-28)21-10-15(2)24-22-18(21)11-23-26(22)5/h10-11,29H,1,3,6-9,12-13H2,2,4-5H3.